The van der Waals surface area contributed by atoms with E-state index in [2.05, 4.69) is 36.1 Å². The SMILES string of the molecule is C[C@H]1CCCCN1C[C@@H](O)COc1ccc(C23CC4CC(CC(C4)C2)C3)cc1. The van der Waals surface area contributed by atoms with E-state index >= 15 is 0 Å². The van der Waals surface area contributed by atoms with Gasteiger partial charge in [-0.05, 0) is 106 Å². The monoisotopic (exact) mass is 383 g/mol. The molecule has 154 valence electrons. The van der Waals surface area contributed by atoms with Crippen molar-refractivity contribution >= 4 is 0 Å². The van der Waals surface area contributed by atoms with Crippen LogP contribution in [-0.2, 0) is 5.41 Å². The lowest BCUT2D eigenvalue weighted by Crippen LogP contribution is -2.48. The van der Waals surface area contributed by atoms with Gasteiger partial charge >= 0.3 is 0 Å². The van der Waals surface area contributed by atoms with Crippen molar-refractivity contribution in [3.05, 3.63) is 29.8 Å². The van der Waals surface area contributed by atoms with Gasteiger partial charge in [0.1, 0.15) is 18.5 Å². The highest BCUT2D eigenvalue weighted by molar-refractivity contribution is 5.34. The van der Waals surface area contributed by atoms with Crippen LogP contribution in [0.25, 0.3) is 0 Å². The van der Waals surface area contributed by atoms with E-state index in [1.165, 1.54) is 57.8 Å². The van der Waals surface area contributed by atoms with Crippen molar-refractivity contribution in [1.29, 1.82) is 0 Å². The maximum Gasteiger partial charge on any atom is 0.119 e. The number of hydrogen-bond donors (Lipinski definition) is 1. The minimum atomic E-state index is -0.414. The molecule has 5 aliphatic rings. The number of aliphatic hydroxyl groups excluding tert-OH is 1. The first-order valence-electron chi connectivity index (χ1n) is 11.8. The van der Waals surface area contributed by atoms with Crippen molar-refractivity contribution in [1.82, 2.24) is 4.90 Å². The number of likely N-dealkylation sites (tertiary alicyclic amines) is 1. The summed E-state index contributed by atoms with van der Waals surface area (Å²) in [6.07, 6.45) is 12.1. The molecule has 4 saturated carbocycles. The molecular weight excluding hydrogens is 346 g/mol. The fraction of sp³-hybridized carbons (Fsp3) is 0.760. The van der Waals surface area contributed by atoms with Crippen LogP contribution < -0.4 is 4.74 Å². The van der Waals surface area contributed by atoms with Crippen molar-refractivity contribution < 1.29 is 9.84 Å². The highest BCUT2D eigenvalue weighted by atomic mass is 16.5. The molecule has 1 aromatic rings. The summed E-state index contributed by atoms with van der Waals surface area (Å²) < 4.78 is 5.94. The van der Waals surface area contributed by atoms with Crippen LogP contribution in [0.4, 0.5) is 0 Å². The zero-order valence-corrected chi connectivity index (χ0v) is 17.5. The van der Waals surface area contributed by atoms with E-state index in [0.29, 0.717) is 18.1 Å². The zero-order chi connectivity index (χ0) is 19.1. The summed E-state index contributed by atoms with van der Waals surface area (Å²) in [5.74, 6) is 3.85. The molecular formula is C25H37NO2. The van der Waals surface area contributed by atoms with E-state index in [4.69, 9.17) is 4.74 Å². The zero-order valence-electron chi connectivity index (χ0n) is 17.5. The number of rotatable bonds is 6. The fourth-order valence-electron chi connectivity index (χ4n) is 7.31. The van der Waals surface area contributed by atoms with Gasteiger partial charge in [-0.2, -0.15) is 0 Å². The molecule has 4 bridgehead atoms. The summed E-state index contributed by atoms with van der Waals surface area (Å²) in [5.41, 5.74) is 2.00. The van der Waals surface area contributed by atoms with E-state index in [0.717, 1.165) is 36.6 Å². The Balaban J connectivity index is 1.17. The average molecular weight is 384 g/mol. The molecule has 4 aliphatic carbocycles. The molecule has 1 aromatic carbocycles. The van der Waals surface area contributed by atoms with Gasteiger partial charge in [0.15, 0.2) is 0 Å². The standard InChI is InChI=1S/C25H37NO2/c1-18-4-2-3-9-26(18)16-23(27)17-28-24-7-5-22(6-8-24)25-13-19-10-20(14-25)12-21(11-19)15-25/h5-8,18-21,23,27H,2-4,9-17H2,1H3/t18-,19?,20?,21?,23+,25?/m0/s1. The van der Waals surface area contributed by atoms with Gasteiger partial charge in [-0.3, -0.25) is 4.90 Å². The number of aliphatic hydroxyl groups is 1. The smallest absolute Gasteiger partial charge is 0.119 e. The predicted molar refractivity (Wildman–Crippen MR) is 113 cm³/mol. The molecule has 1 N–H and O–H groups in total. The lowest BCUT2D eigenvalue weighted by Gasteiger charge is -2.57. The molecule has 3 nitrogen and oxygen atoms in total. The predicted octanol–water partition coefficient (Wildman–Crippen LogP) is 4.77. The third-order valence-electron chi connectivity index (χ3n) is 8.33. The van der Waals surface area contributed by atoms with Crippen molar-refractivity contribution in [2.75, 3.05) is 19.7 Å². The van der Waals surface area contributed by atoms with E-state index < -0.39 is 6.10 Å². The molecule has 0 unspecified atom stereocenters. The number of benzene rings is 1. The van der Waals surface area contributed by atoms with Gasteiger partial charge < -0.3 is 9.84 Å². The normalized spacial score (nSPS) is 38.5. The van der Waals surface area contributed by atoms with E-state index in [-0.39, 0.29) is 0 Å². The average Bonchev–Trinajstić information content (AvgIpc) is 2.67. The highest BCUT2D eigenvalue weighted by Gasteiger charge is 2.51. The Labute approximate surface area is 170 Å². The van der Waals surface area contributed by atoms with Gasteiger partial charge in [-0.15, -0.1) is 0 Å². The van der Waals surface area contributed by atoms with Crippen molar-refractivity contribution in [3.8, 4) is 5.75 Å². The van der Waals surface area contributed by atoms with Gasteiger partial charge in [0, 0.05) is 12.6 Å². The van der Waals surface area contributed by atoms with Crippen molar-refractivity contribution in [2.45, 2.75) is 82.3 Å². The second-order valence-corrected chi connectivity index (χ2v) is 10.5. The second kappa shape index (κ2) is 7.65. The van der Waals surface area contributed by atoms with Crippen LogP contribution in [0.1, 0.15) is 70.3 Å². The largest absolute Gasteiger partial charge is 0.491 e. The maximum atomic E-state index is 10.4. The van der Waals surface area contributed by atoms with E-state index in [9.17, 15) is 5.11 Å². The van der Waals surface area contributed by atoms with Crippen LogP contribution in [0.15, 0.2) is 24.3 Å². The molecule has 3 heteroatoms. The molecule has 1 heterocycles. The van der Waals surface area contributed by atoms with E-state index in [1.807, 2.05) is 0 Å². The molecule has 5 fully saturated rings. The first-order chi connectivity index (χ1) is 13.6. The van der Waals surface area contributed by atoms with E-state index in [1.54, 1.807) is 5.56 Å². The van der Waals surface area contributed by atoms with Crippen molar-refractivity contribution in [3.63, 3.8) is 0 Å². The Morgan fingerprint density at radius 2 is 1.68 bits per heavy atom. The Hall–Kier alpha value is -1.06. The maximum absolute atomic E-state index is 10.4. The van der Waals surface area contributed by atoms with Gasteiger partial charge in [-0.1, -0.05) is 18.6 Å². The third kappa shape index (κ3) is 3.73. The van der Waals surface area contributed by atoms with Crippen LogP contribution in [-0.4, -0.2) is 41.8 Å². The van der Waals surface area contributed by atoms with Crippen LogP contribution in [0.5, 0.6) is 5.75 Å². The summed E-state index contributed by atoms with van der Waals surface area (Å²) in [6.45, 7) is 4.50. The summed E-state index contributed by atoms with van der Waals surface area (Å²) in [7, 11) is 0. The van der Waals surface area contributed by atoms with Crippen LogP contribution in [0.2, 0.25) is 0 Å². The molecule has 0 amide bonds. The third-order valence-corrected chi connectivity index (χ3v) is 8.33. The lowest BCUT2D eigenvalue weighted by atomic mass is 9.48. The number of piperidine rings is 1. The Morgan fingerprint density at radius 3 is 2.29 bits per heavy atom. The second-order valence-electron chi connectivity index (χ2n) is 10.5. The van der Waals surface area contributed by atoms with Crippen LogP contribution >= 0.6 is 0 Å². The van der Waals surface area contributed by atoms with Gasteiger partial charge in [0.25, 0.3) is 0 Å². The molecule has 1 aliphatic heterocycles. The first kappa shape index (κ1) is 18.9. The highest BCUT2D eigenvalue weighted by Crippen LogP contribution is 2.60. The number of ether oxygens (including phenoxy) is 1. The first-order valence-corrected chi connectivity index (χ1v) is 11.8. The van der Waals surface area contributed by atoms with Crippen molar-refractivity contribution in [2.24, 2.45) is 17.8 Å². The molecule has 0 radical (unpaired) electrons. The Morgan fingerprint density at radius 1 is 1.04 bits per heavy atom. The molecule has 0 spiro atoms. The summed E-state index contributed by atoms with van der Waals surface area (Å²) in [4.78, 5) is 2.41. The Bertz CT molecular complexity index is 634. The number of nitrogens with zero attached hydrogens (tertiary/aromatic N) is 1. The summed E-state index contributed by atoms with van der Waals surface area (Å²) >= 11 is 0. The number of hydrogen-bond acceptors (Lipinski definition) is 3. The van der Waals surface area contributed by atoms with Gasteiger partial charge in [0.2, 0.25) is 0 Å². The lowest BCUT2D eigenvalue weighted by molar-refractivity contribution is -0.00522. The minimum Gasteiger partial charge on any atom is -0.491 e. The number of β-amino-alcohol motifs (C(OH)–C–C–N with tert-alkyl or cyclic N) is 1. The molecule has 2 atom stereocenters. The van der Waals surface area contributed by atoms with Gasteiger partial charge in [0.05, 0.1) is 0 Å². The quantitative estimate of drug-likeness (QED) is 0.768. The fourth-order valence-corrected chi connectivity index (χ4v) is 7.31. The minimum absolute atomic E-state index is 0.389. The topological polar surface area (TPSA) is 32.7 Å². The van der Waals surface area contributed by atoms with Crippen LogP contribution in [0.3, 0.4) is 0 Å². The van der Waals surface area contributed by atoms with Crippen LogP contribution in [0, 0.1) is 17.8 Å². The summed E-state index contributed by atoms with van der Waals surface area (Å²) in [6, 6.07) is 9.51. The molecule has 28 heavy (non-hydrogen) atoms. The summed E-state index contributed by atoms with van der Waals surface area (Å²) in [5, 5.41) is 10.4. The Kier molecular flexibility index (Phi) is 5.17. The molecule has 1 saturated heterocycles. The molecule has 6 rings (SSSR count). The molecule has 0 aromatic heterocycles. The van der Waals surface area contributed by atoms with Gasteiger partial charge in [-0.25, -0.2) is 0 Å².